The van der Waals surface area contributed by atoms with Gasteiger partial charge in [0.2, 0.25) is 0 Å². The number of aliphatic hydroxyl groups excluding tert-OH is 1. The van der Waals surface area contributed by atoms with Crippen LogP contribution in [0.25, 0.3) is 0 Å². The number of rotatable bonds is 2. The van der Waals surface area contributed by atoms with Gasteiger partial charge in [-0.05, 0) is 6.92 Å². The van der Waals surface area contributed by atoms with Crippen molar-refractivity contribution >= 4 is 16.4 Å². The van der Waals surface area contributed by atoms with Crippen molar-refractivity contribution in [3.63, 3.8) is 0 Å². The number of hydrogen-bond acceptors (Lipinski definition) is 4. The van der Waals surface area contributed by atoms with E-state index < -0.39 is 16.2 Å². The summed E-state index contributed by atoms with van der Waals surface area (Å²) in [6.45, 7) is 1.58. The molecule has 0 aliphatic carbocycles. The van der Waals surface area contributed by atoms with Gasteiger partial charge in [-0.25, -0.2) is 0 Å². The third-order valence-corrected chi connectivity index (χ3v) is 0.437. The van der Waals surface area contributed by atoms with Crippen molar-refractivity contribution in [3.05, 3.63) is 0 Å². The minimum atomic E-state index is -3.67. The monoisotopic (exact) mass is 184 g/mol. The van der Waals surface area contributed by atoms with Crippen LogP contribution in [-0.2, 0) is 14.9 Å². The van der Waals surface area contributed by atoms with Crippen LogP contribution in [0.1, 0.15) is 13.3 Å². The van der Waals surface area contributed by atoms with Gasteiger partial charge < -0.3 is 9.90 Å². The van der Waals surface area contributed by atoms with E-state index in [0.717, 1.165) is 0 Å². The van der Waals surface area contributed by atoms with Crippen LogP contribution in [-0.4, -0.2) is 36.7 Å². The largest absolute Gasteiger partial charge is 0.393 e. The third-order valence-electron chi connectivity index (χ3n) is 0.437. The highest BCUT2D eigenvalue weighted by Crippen LogP contribution is 1.80. The lowest BCUT2D eigenvalue weighted by Crippen LogP contribution is -1.97. The molecule has 5 nitrogen and oxygen atoms in total. The summed E-state index contributed by atoms with van der Waals surface area (Å²) >= 11 is 0. The molecule has 0 aliphatic rings. The summed E-state index contributed by atoms with van der Waals surface area (Å²) in [6, 6.07) is 0. The Morgan fingerprint density at radius 1 is 1.55 bits per heavy atom. The Labute approximate surface area is 65.8 Å². The lowest BCUT2D eigenvalue weighted by molar-refractivity contribution is -0.109. The van der Waals surface area contributed by atoms with Crippen molar-refractivity contribution < 1.29 is 22.9 Å². The van der Waals surface area contributed by atoms with Gasteiger partial charge in [-0.3, -0.25) is 4.55 Å². The summed E-state index contributed by atoms with van der Waals surface area (Å²) in [4.78, 5) is 9.46. The van der Waals surface area contributed by atoms with Gasteiger partial charge in [0.25, 0.3) is 10.1 Å². The molecule has 0 saturated carbocycles. The van der Waals surface area contributed by atoms with Crippen LogP contribution in [0.15, 0.2) is 0 Å². The van der Waals surface area contributed by atoms with Gasteiger partial charge in [0.1, 0.15) is 6.29 Å². The molecule has 0 heterocycles. The molecule has 0 aromatic heterocycles. The highest BCUT2D eigenvalue weighted by molar-refractivity contribution is 7.85. The molecular weight excluding hydrogens is 172 g/mol. The fraction of sp³-hybridized carbons (Fsp3) is 0.800. The molecule has 11 heavy (non-hydrogen) atoms. The topological polar surface area (TPSA) is 91.7 Å². The molecule has 0 bridgehead atoms. The van der Waals surface area contributed by atoms with Crippen LogP contribution >= 0.6 is 0 Å². The molecular formula is C5H12O5S. The Morgan fingerprint density at radius 3 is 1.82 bits per heavy atom. The fourth-order valence-electron chi connectivity index (χ4n) is 0.139. The Kier molecular flexibility index (Phi) is 7.49. The zero-order valence-electron chi connectivity index (χ0n) is 6.39. The first-order valence-corrected chi connectivity index (χ1v) is 4.66. The first kappa shape index (κ1) is 13.2. The van der Waals surface area contributed by atoms with E-state index in [1.54, 1.807) is 6.92 Å². The van der Waals surface area contributed by atoms with Crippen molar-refractivity contribution in [2.45, 2.75) is 19.4 Å². The highest BCUT2D eigenvalue weighted by atomic mass is 32.2. The Balaban J connectivity index is 0. The van der Waals surface area contributed by atoms with E-state index in [9.17, 15) is 13.2 Å². The molecule has 0 rings (SSSR count). The Bertz CT molecular complexity index is 173. The number of aliphatic hydroxyl groups is 1. The van der Waals surface area contributed by atoms with Crippen molar-refractivity contribution in [1.29, 1.82) is 0 Å². The van der Waals surface area contributed by atoms with Gasteiger partial charge >= 0.3 is 0 Å². The number of aldehydes is 1. The molecule has 0 radical (unpaired) electrons. The van der Waals surface area contributed by atoms with E-state index in [2.05, 4.69) is 0 Å². The lowest BCUT2D eigenvalue weighted by atomic mass is 10.3. The highest BCUT2D eigenvalue weighted by Gasteiger charge is 1.87. The van der Waals surface area contributed by atoms with Gasteiger partial charge in [-0.15, -0.1) is 0 Å². The zero-order valence-corrected chi connectivity index (χ0v) is 7.21. The van der Waals surface area contributed by atoms with Crippen LogP contribution in [0.5, 0.6) is 0 Å². The summed E-state index contributed by atoms with van der Waals surface area (Å²) in [5.41, 5.74) is 0. The lowest BCUT2D eigenvalue weighted by Gasteiger charge is -1.89. The van der Waals surface area contributed by atoms with Gasteiger partial charge in [-0.2, -0.15) is 8.42 Å². The maximum atomic E-state index is 9.46. The van der Waals surface area contributed by atoms with Gasteiger partial charge in [-0.1, -0.05) is 0 Å². The minimum Gasteiger partial charge on any atom is -0.393 e. The molecule has 0 aliphatic heterocycles. The molecule has 0 aromatic carbocycles. The first-order valence-electron chi connectivity index (χ1n) is 2.81. The Hall–Kier alpha value is -0.460. The quantitative estimate of drug-likeness (QED) is 0.444. The molecule has 0 amide bonds. The number of carbonyl (C=O) groups is 1. The summed E-state index contributed by atoms with van der Waals surface area (Å²) in [7, 11) is -3.67. The maximum Gasteiger partial charge on any atom is 0.261 e. The summed E-state index contributed by atoms with van der Waals surface area (Å²) in [6.07, 6.45) is 1.19. The predicted octanol–water partition coefficient (Wildman–Crippen LogP) is -0.540. The molecule has 0 spiro atoms. The predicted molar refractivity (Wildman–Crippen MR) is 39.8 cm³/mol. The average molecular weight is 184 g/mol. The first-order chi connectivity index (χ1) is 4.77. The second-order valence-electron chi connectivity index (χ2n) is 1.98. The van der Waals surface area contributed by atoms with Crippen LogP contribution in [0, 0.1) is 0 Å². The molecule has 0 saturated heterocycles. The SMILES string of the molecule is CC(O)CC=O.CS(=O)(=O)O. The fourth-order valence-corrected chi connectivity index (χ4v) is 0.139. The smallest absolute Gasteiger partial charge is 0.261 e. The second kappa shape index (κ2) is 6.26. The van der Waals surface area contributed by atoms with E-state index in [1.165, 1.54) is 0 Å². The van der Waals surface area contributed by atoms with Crippen molar-refractivity contribution in [2.24, 2.45) is 0 Å². The van der Waals surface area contributed by atoms with Gasteiger partial charge in [0, 0.05) is 6.42 Å². The summed E-state index contributed by atoms with van der Waals surface area (Å²) in [5.74, 6) is 0. The molecule has 0 fully saturated rings. The van der Waals surface area contributed by atoms with Crippen LogP contribution < -0.4 is 0 Å². The van der Waals surface area contributed by atoms with E-state index >= 15 is 0 Å². The van der Waals surface area contributed by atoms with Crippen molar-refractivity contribution in [1.82, 2.24) is 0 Å². The standard InChI is InChI=1S/C4H8O2.CH4O3S/c1-4(6)2-3-5;1-5(2,3)4/h3-4,6H,2H2,1H3;1H3,(H,2,3,4). The van der Waals surface area contributed by atoms with Gasteiger partial charge in [0.05, 0.1) is 12.4 Å². The van der Waals surface area contributed by atoms with E-state index in [0.29, 0.717) is 12.5 Å². The molecule has 0 aromatic rings. The number of hydrogen-bond donors (Lipinski definition) is 2. The average Bonchev–Trinajstić information content (AvgIpc) is 1.58. The summed E-state index contributed by atoms with van der Waals surface area (Å²) < 4.78 is 25.9. The second-order valence-corrected chi connectivity index (χ2v) is 3.45. The molecule has 1 unspecified atom stereocenters. The van der Waals surface area contributed by atoms with Crippen LogP contribution in [0.4, 0.5) is 0 Å². The summed E-state index contributed by atoms with van der Waals surface area (Å²) in [5, 5.41) is 8.32. The van der Waals surface area contributed by atoms with Crippen LogP contribution in [0.2, 0.25) is 0 Å². The zero-order chi connectivity index (χ0) is 9.49. The third kappa shape index (κ3) is 84.1. The maximum absolute atomic E-state index is 9.46. The van der Waals surface area contributed by atoms with Crippen LogP contribution in [0.3, 0.4) is 0 Å². The van der Waals surface area contributed by atoms with E-state index in [-0.39, 0.29) is 6.42 Å². The Morgan fingerprint density at radius 2 is 1.82 bits per heavy atom. The molecule has 2 N–H and O–H groups in total. The number of carbonyl (C=O) groups excluding carboxylic acids is 1. The molecule has 1 atom stereocenters. The molecule has 6 heteroatoms. The van der Waals surface area contributed by atoms with Crippen molar-refractivity contribution in [3.8, 4) is 0 Å². The normalized spacial score (nSPS) is 12.7. The van der Waals surface area contributed by atoms with Gasteiger partial charge in [0.15, 0.2) is 0 Å². The molecule has 68 valence electrons. The minimum absolute atomic E-state index is 0.250. The van der Waals surface area contributed by atoms with E-state index in [1.807, 2.05) is 0 Å². The van der Waals surface area contributed by atoms with E-state index in [4.69, 9.17) is 9.66 Å². The van der Waals surface area contributed by atoms with Crippen molar-refractivity contribution in [2.75, 3.05) is 6.26 Å².